The number of nitrogens with zero attached hydrogens (tertiary/aromatic N) is 2. The third-order valence-electron chi connectivity index (χ3n) is 3.61. The van der Waals surface area contributed by atoms with E-state index in [4.69, 9.17) is 4.74 Å². The highest BCUT2D eigenvalue weighted by Gasteiger charge is 2.23. The fourth-order valence-corrected chi connectivity index (χ4v) is 2.55. The van der Waals surface area contributed by atoms with Crippen molar-refractivity contribution in [1.29, 1.82) is 0 Å². The van der Waals surface area contributed by atoms with Gasteiger partial charge in [0.15, 0.2) is 5.75 Å². The number of methoxy groups -OCH3 is 1. The summed E-state index contributed by atoms with van der Waals surface area (Å²) in [6, 6.07) is 0.530. The van der Waals surface area contributed by atoms with Gasteiger partial charge < -0.3 is 10.1 Å². The van der Waals surface area contributed by atoms with Gasteiger partial charge in [0.05, 0.1) is 19.5 Å². The van der Waals surface area contributed by atoms with Crippen LogP contribution in [0.4, 0.5) is 5.95 Å². The highest BCUT2D eigenvalue weighted by molar-refractivity contribution is 5.28. The van der Waals surface area contributed by atoms with Gasteiger partial charge in [-0.1, -0.05) is 26.2 Å². The number of hydrogen-bond acceptors (Lipinski definition) is 4. The first-order valence-electron chi connectivity index (χ1n) is 6.46. The number of nitrogens with one attached hydrogen (secondary N) is 1. The number of anilines is 1. The lowest BCUT2D eigenvalue weighted by molar-refractivity contribution is 0.316. The molecule has 2 rings (SSSR count). The van der Waals surface area contributed by atoms with Crippen LogP contribution in [0, 0.1) is 5.92 Å². The van der Waals surface area contributed by atoms with E-state index >= 15 is 0 Å². The highest BCUT2D eigenvalue weighted by atomic mass is 16.5. The van der Waals surface area contributed by atoms with Crippen LogP contribution in [-0.4, -0.2) is 23.1 Å². The molecule has 2 unspecified atom stereocenters. The van der Waals surface area contributed by atoms with Gasteiger partial charge in [0, 0.05) is 6.04 Å². The van der Waals surface area contributed by atoms with E-state index in [1.807, 2.05) is 0 Å². The van der Waals surface area contributed by atoms with Crippen LogP contribution in [0.25, 0.3) is 0 Å². The smallest absolute Gasteiger partial charge is 0.223 e. The molecule has 1 aliphatic rings. The van der Waals surface area contributed by atoms with Crippen LogP contribution in [-0.2, 0) is 0 Å². The van der Waals surface area contributed by atoms with Gasteiger partial charge in [0.25, 0.3) is 0 Å². The Balaban J connectivity index is 1.98. The Morgan fingerprint density at radius 2 is 2.00 bits per heavy atom. The van der Waals surface area contributed by atoms with Crippen molar-refractivity contribution in [2.75, 3.05) is 12.4 Å². The third-order valence-corrected chi connectivity index (χ3v) is 3.61. The maximum absolute atomic E-state index is 5.05. The largest absolute Gasteiger partial charge is 0.494 e. The Bertz CT molecular complexity index is 339. The molecular weight excluding hydrogens is 214 g/mol. The minimum atomic E-state index is 0.530. The van der Waals surface area contributed by atoms with Gasteiger partial charge in [0.1, 0.15) is 0 Å². The second-order valence-corrected chi connectivity index (χ2v) is 4.65. The maximum Gasteiger partial charge on any atom is 0.223 e. The minimum absolute atomic E-state index is 0.530. The van der Waals surface area contributed by atoms with Gasteiger partial charge in [-0.2, -0.15) is 0 Å². The lowest BCUT2D eigenvalue weighted by Gasteiger charge is -2.31. The van der Waals surface area contributed by atoms with Crippen LogP contribution in [0.3, 0.4) is 0 Å². The van der Waals surface area contributed by atoms with Crippen molar-refractivity contribution >= 4 is 5.95 Å². The molecular formula is C13H21N3O. The topological polar surface area (TPSA) is 47.0 Å². The molecule has 1 aromatic rings. The molecule has 0 amide bonds. The Morgan fingerprint density at radius 1 is 1.29 bits per heavy atom. The highest BCUT2D eigenvalue weighted by Crippen LogP contribution is 2.28. The molecule has 1 fully saturated rings. The molecule has 1 aliphatic carbocycles. The van der Waals surface area contributed by atoms with E-state index in [1.165, 1.54) is 32.1 Å². The van der Waals surface area contributed by atoms with Crippen molar-refractivity contribution in [1.82, 2.24) is 9.97 Å². The number of aromatic nitrogens is 2. The van der Waals surface area contributed by atoms with Gasteiger partial charge in [-0.15, -0.1) is 0 Å². The summed E-state index contributed by atoms with van der Waals surface area (Å²) >= 11 is 0. The summed E-state index contributed by atoms with van der Waals surface area (Å²) in [5.74, 6) is 2.18. The standard InChI is InChI=1S/C13H21N3O/c1-3-10-6-4-5-7-12(10)16-13-14-8-11(17-2)9-15-13/h8-10,12H,3-7H2,1-2H3,(H,14,15,16). The molecule has 2 atom stereocenters. The minimum Gasteiger partial charge on any atom is -0.494 e. The monoisotopic (exact) mass is 235 g/mol. The zero-order chi connectivity index (χ0) is 12.1. The van der Waals surface area contributed by atoms with Crippen molar-refractivity contribution < 1.29 is 4.74 Å². The molecule has 4 heteroatoms. The average Bonchev–Trinajstić information content (AvgIpc) is 2.40. The summed E-state index contributed by atoms with van der Waals surface area (Å²) in [6.07, 6.45) is 9.87. The summed E-state index contributed by atoms with van der Waals surface area (Å²) in [4.78, 5) is 8.53. The molecule has 1 heterocycles. The average molecular weight is 235 g/mol. The van der Waals surface area contributed by atoms with Crippen LogP contribution in [0.5, 0.6) is 5.75 Å². The lowest BCUT2D eigenvalue weighted by atomic mass is 9.83. The quantitative estimate of drug-likeness (QED) is 0.871. The molecule has 0 bridgehead atoms. The molecule has 0 spiro atoms. The van der Waals surface area contributed by atoms with Crippen molar-refractivity contribution in [2.45, 2.75) is 45.1 Å². The summed E-state index contributed by atoms with van der Waals surface area (Å²) in [6.45, 7) is 2.26. The summed E-state index contributed by atoms with van der Waals surface area (Å²) in [5.41, 5.74) is 0. The molecule has 0 aliphatic heterocycles. The molecule has 0 radical (unpaired) electrons. The van der Waals surface area contributed by atoms with Gasteiger partial charge in [-0.05, 0) is 18.8 Å². The normalized spacial score (nSPS) is 24.4. The molecule has 1 N–H and O–H groups in total. The number of rotatable bonds is 4. The fraction of sp³-hybridized carbons (Fsp3) is 0.692. The first kappa shape index (κ1) is 12.1. The predicted molar refractivity (Wildman–Crippen MR) is 68.2 cm³/mol. The van der Waals surface area contributed by atoms with Crippen molar-refractivity contribution in [3.8, 4) is 5.75 Å². The van der Waals surface area contributed by atoms with Gasteiger partial charge in [-0.3, -0.25) is 0 Å². The fourth-order valence-electron chi connectivity index (χ4n) is 2.55. The SMILES string of the molecule is CCC1CCCCC1Nc1ncc(OC)cn1. The first-order chi connectivity index (χ1) is 8.33. The lowest BCUT2D eigenvalue weighted by Crippen LogP contribution is -2.32. The molecule has 4 nitrogen and oxygen atoms in total. The molecule has 0 aromatic carbocycles. The van der Waals surface area contributed by atoms with E-state index in [9.17, 15) is 0 Å². The van der Waals surface area contributed by atoms with Crippen molar-refractivity contribution in [3.63, 3.8) is 0 Å². The van der Waals surface area contributed by atoms with Gasteiger partial charge >= 0.3 is 0 Å². The summed E-state index contributed by atoms with van der Waals surface area (Å²) in [5, 5.41) is 3.46. The molecule has 17 heavy (non-hydrogen) atoms. The Morgan fingerprint density at radius 3 is 2.65 bits per heavy atom. The van der Waals surface area contributed by atoms with Crippen LogP contribution >= 0.6 is 0 Å². The molecule has 94 valence electrons. The van der Waals surface area contributed by atoms with Crippen molar-refractivity contribution in [2.24, 2.45) is 5.92 Å². The summed E-state index contributed by atoms with van der Waals surface area (Å²) in [7, 11) is 1.63. The van der Waals surface area contributed by atoms with E-state index in [2.05, 4.69) is 22.2 Å². The summed E-state index contributed by atoms with van der Waals surface area (Å²) < 4.78 is 5.05. The van der Waals surface area contributed by atoms with E-state index in [-0.39, 0.29) is 0 Å². The Hall–Kier alpha value is -1.32. The third kappa shape index (κ3) is 3.08. The zero-order valence-electron chi connectivity index (χ0n) is 10.6. The van der Waals surface area contributed by atoms with E-state index < -0.39 is 0 Å². The van der Waals surface area contributed by atoms with Crippen LogP contribution in [0.15, 0.2) is 12.4 Å². The van der Waals surface area contributed by atoms with Gasteiger partial charge in [-0.25, -0.2) is 9.97 Å². The molecule has 1 saturated carbocycles. The van der Waals surface area contributed by atoms with Crippen LogP contribution in [0.1, 0.15) is 39.0 Å². The Labute approximate surface area is 103 Å². The molecule has 0 saturated heterocycles. The zero-order valence-corrected chi connectivity index (χ0v) is 10.6. The van der Waals surface area contributed by atoms with Gasteiger partial charge in [0.2, 0.25) is 5.95 Å². The van der Waals surface area contributed by atoms with E-state index in [1.54, 1.807) is 19.5 Å². The van der Waals surface area contributed by atoms with Crippen LogP contribution < -0.4 is 10.1 Å². The van der Waals surface area contributed by atoms with E-state index in [0.29, 0.717) is 11.8 Å². The first-order valence-corrected chi connectivity index (χ1v) is 6.46. The Kier molecular flexibility index (Phi) is 4.18. The predicted octanol–water partition coefficient (Wildman–Crippen LogP) is 2.87. The maximum atomic E-state index is 5.05. The molecule has 1 aromatic heterocycles. The second kappa shape index (κ2) is 5.84. The van der Waals surface area contributed by atoms with Crippen LogP contribution in [0.2, 0.25) is 0 Å². The number of ether oxygens (including phenoxy) is 1. The number of hydrogen-bond donors (Lipinski definition) is 1. The van der Waals surface area contributed by atoms with E-state index in [0.717, 1.165) is 11.9 Å². The second-order valence-electron chi connectivity index (χ2n) is 4.65. The van der Waals surface area contributed by atoms with Crippen molar-refractivity contribution in [3.05, 3.63) is 12.4 Å².